The van der Waals surface area contributed by atoms with Crippen LogP contribution in [0.4, 0.5) is 5.00 Å². The molecule has 2 amide bonds. The minimum absolute atomic E-state index is 0.115. The highest BCUT2D eigenvalue weighted by atomic mass is 32.1. The lowest BCUT2D eigenvalue weighted by atomic mass is 9.95. The Hall–Kier alpha value is -2.09. The monoisotopic (exact) mass is 353 g/mol. The molecule has 132 valence electrons. The summed E-state index contributed by atoms with van der Waals surface area (Å²) in [6.45, 7) is 1.48. The van der Waals surface area contributed by atoms with Crippen LogP contribution in [-0.2, 0) is 4.79 Å². The smallest absolute Gasteiger partial charge is 0.346 e. The molecule has 0 saturated heterocycles. The van der Waals surface area contributed by atoms with Crippen molar-refractivity contribution >= 4 is 34.1 Å². The van der Waals surface area contributed by atoms with Gasteiger partial charge in [0.15, 0.2) is 0 Å². The van der Waals surface area contributed by atoms with Gasteiger partial charge in [-0.2, -0.15) is 0 Å². The molecule has 0 radical (unpaired) electrons. The average Bonchev–Trinajstić information content (AvgIpc) is 2.90. The van der Waals surface area contributed by atoms with E-state index in [1.54, 1.807) is 14.0 Å². The van der Waals surface area contributed by atoms with Gasteiger partial charge in [-0.25, -0.2) is 4.79 Å². The molecular weight excluding hydrogens is 330 g/mol. The van der Waals surface area contributed by atoms with Gasteiger partial charge in [0.25, 0.3) is 5.91 Å². The quantitative estimate of drug-likeness (QED) is 0.625. The Morgan fingerprint density at radius 2 is 1.88 bits per heavy atom. The standard InChI is InChI=1S/C16H23N3O4S/c1-9-12(15(17-2)24-13(9)16(22)23)14(21)18-8-11(20)19-10-6-4-3-5-7-10/h10,17H,3-8H2,1-2H3,(H,18,21)(H,19,20)(H,22,23). The number of carbonyl (C=O) groups excluding carboxylic acids is 2. The van der Waals surface area contributed by atoms with Gasteiger partial charge < -0.3 is 21.1 Å². The molecule has 24 heavy (non-hydrogen) atoms. The Morgan fingerprint density at radius 1 is 1.21 bits per heavy atom. The minimum Gasteiger partial charge on any atom is -0.477 e. The van der Waals surface area contributed by atoms with Crippen LogP contribution in [-0.4, -0.2) is 42.5 Å². The summed E-state index contributed by atoms with van der Waals surface area (Å²) in [5, 5.41) is 18.0. The van der Waals surface area contributed by atoms with Gasteiger partial charge in [-0.15, -0.1) is 11.3 Å². The van der Waals surface area contributed by atoms with Crippen molar-refractivity contribution in [3.63, 3.8) is 0 Å². The van der Waals surface area contributed by atoms with Crippen molar-refractivity contribution in [2.45, 2.75) is 45.1 Å². The van der Waals surface area contributed by atoms with Crippen molar-refractivity contribution < 1.29 is 19.5 Å². The lowest BCUT2D eigenvalue weighted by Gasteiger charge is -2.22. The van der Waals surface area contributed by atoms with E-state index in [-0.39, 0.29) is 28.9 Å². The van der Waals surface area contributed by atoms with Crippen molar-refractivity contribution in [2.75, 3.05) is 18.9 Å². The predicted molar refractivity (Wildman–Crippen MR) is 92.9 cm³/mol. The molecule has 0 unspecified atom stereocenters. The summed E-state index contributed by atoms with van der Waals surface area (Å²) in [7, 11) is 1.63. The normalized spacial score (nSPS) is 14.9. The van der Waals surface area contributed by atoms with E-state index in [1.807, 2.05) is 0 Å². The molecular formula is C16H23N3O4S. The Kier molecular flexibility index (Phi) is 6.19. The van der Waals surface area contributed by atoms with Gasteiger partial charge in [0.1, 0.15) is 9.88 Å². The van der Waals surface area contributed by atoms with Crippen LogP contribution in [0.3, 0.4) is 0 Å². The highest BCUT2D eigenvalue weighted by Gasteiger charge is 2.24. The predicted octanol–water partition coefficient (Wildman–Crippen LogP) is 1.98. The largest absolute Gasteiger partial charge is 0.477 e. The number of carboxylic acids is 1. The highest BCUT2D eigenvalue weighted by molar-refractivity contribution is 7.18. The van der Waals surface area contributed by atoms with E-state index in [9.17, 15) is 14.4 Å². The van der Waals surface area contributed by atoms with E-state index < -0.39 is 11.9 Å². The Labute approximate surface area is 144 Å². The Bertz CT molecular complexity index is 636. The van der Waals surface area contributed by atoms with Gasteiger partial charge in [0.2, 0.25) is 5.91 Å². The zero-order valence-electron chi connectivity index (χ0n) is 13.9. The Morgan fingerprint density at radius 3 is 2.46 bits per heavy atom. The summed E-state index contributed by atoms with van der Waals surface area (Å²) in [4.78, 5) is 35.6. The third-order valence-corrected chi connectivity index (χ3v) is 5.47. The molecule has 0 aliphatic heterocycles. The van der Waals surface area contributed by atoms with E-state index in [4.69, 9.17) is 5.11 Å². The highest BCUT2D eigenvalue weighted by Crippen LogP contribution is 2.32. The lowest BCUT2D eigenvalue weighted by Crippen LogP contribution is -2.42. The molecule has 0 bridgehead atoms. The molecule has 7 nitrogen and oxygen atoms in total. The molecule has 8 heteroatoms. The molecule has 0 aromatic carbocycles. The van der Waals surface area contributed by atoms with Gasteiger partial charge in [-0.3, -0.25) is 9.59 Å². The van der Waals surface area contributed by atoms with Crippen molar-refractivity contribution in [2.24, 2.45) is 0 Å². The zero-order chi connectivity index (χ0) is 17.7. The third-order valence-electron chi connectivity index (χ3n) is 4.17. The van der Waals surface area contributed by atoms with E-state index in [1.165, 1.54) is 6.42 Å². The molecule has 1 fully saturated rings. The van der Waals surface area contributed by atoms with E-state index in [2.05, 4.69) is 16.0 Å². The summed E-state index contributed by atoms with van der Waals surface area (Å²) in [5.74, 6) is -1.73. The molecule has 4 N–H and O–H groups in total. The molecule has 2 rings (SSSR count). The second kappa shape index (κ2) is 8.14. The number of aromatic carboxylic acids is 1. The molecule has 1 aromatic heterocycles. The van der Waals surface area contributed by atoms with E-state index in [0.717, 1.165) is 37.0 Å². The van der Waals surface area contributed by atoms with Gasteiger partial charge in [0.05, 0.1) is 12.1 Å². The number of nitrogens with one attached hydrogen (secondary N) is 3. The van der Waals surface area contributed by atoms with Gasteiger partial charge >= 0.3 is 5.97 Å². The van der Waals surface area contributed by atoms with Crippen molar-refractivity contribution in [3.8, 4) is 0 Å². The maximum Gasteiger partial charge on any atom is 0.346 e. The zero-order valence-corrected chi connectivity index (χ0v) is 14.7. The number of hydrogen-bond acceptors (Lipinski definition) is 5. The molecule has 0 spiro atoms. The third kappa shape index (κ3) is 4.25. The number of carbonyl (C=O) groups is 3. The fourth-order valence-corrected chi connectivity index (χ4v) is 3.94. The van der Waals surface area contributed by atoms with Crippen LogP contribution in [0.2, 0.25) is 0 Å². The summed E-state index contributed by atoms with van der Waals surface area (Å²) in [6.07, 6.45) is 5.41. The van der Waals surface area contributed by atoms with Crippen LogP contribution >= 0.6 is 11.3 Å². The van der Waals surface area contributed by atoms with Crippen LogP contribution in [0.5, 0.6) is 0 Å². The summed E-state index contributed by atoms with van der Waals surface area (Å²) >= 11 is 1.01. The van der Waals surface area contributed by atoms with Crippen LogP contribution < -0.4 is 16.0 Å². The minimum atomic E-state index is -1.07. The SMILES string of the molecule is CNc1sc(C(=O)O)c(C)c1C(=O)NCC(=O)NC1CCCCC1. The molecule has 1 aromatic rings. The fourth-order valence-electron chi connectivity index (χ4n) is 2.94. The number of thiophene rings is 1. The lowest BCUT2D eigenvalue weighted by molar-refractivity contribution is -0.121. The van der Waals surface area contributed by atoms with E-state index >= 15 is 0 Å². The van der Waals surface area contributed by atoms with Crippen molar-refractivity contribution in [3.05, 3.63) is 16.0 Å². The van der Waals surface area contributed by atoms with Crippen molar-refractivity contribution in [1.82, 2.24) is 10.6 Å². The van der Waals surface area contributed by atoms with Crippen LogP contribution in [0, 0.1) is 6.92 Å². The maximum atomic E-state index is 12.4. The van der Waals surface area contributed by atoms with E-state index in [0.29, 0.717) is 10.6 Å². The fraction of sp³-hybridized carbons (Fsp3) is 0.562. The summed E-state index contributed by atoms with van der Waals surface area (Å²) < 4.78 is 0. The van der Waals surface area contributed by atoms with Gasteiger partial charge in [-0.05, 0) is 25.3 Å². The number of hydrogen-bond donors (Lipinski definition) is 4. The number of anilines is 1. The average molecular weight is 353 g/mol. The van der Waals surface area contributed by atoms with Crippen LogP contribution in [0.25, 0.3) is 0 Å². The van der Waals surface area contributed by atoms with Crippen LogP contribution in [0.15, 0.2) is 0 Å². The first-order chi connectivity index (χ1) is 11.4. The first-order valence-corrected chi connectivity index (χ1v) is 8.87. The molecule has 1 saturated carbocycles. The number of carboxylic acid groups (broad SMARTS) is 1. The van der Waals surface area contributed by atoms with Gasteiger partial charge in [0, 0.05) is 13.1 Å². The topological polar surface area (TPSA) is 108 Å². The molecule has 1 heterocycles. The summed E-state index contributed by atoms with van der Waals surface area (Å²) in [5.41, 5.74) is 0.687. The van der Waals surface area contributed by atoms with Crippen LogP contribution in [0.1, 0.15) is 57.7 Å². The Balaban J connectivity index is 1.97. The number of amides is 2. The summed E-state index contributed by atoms with van der Waals surface area (Å²) in [6, 6.07) is 0.192. The number of rotatable bonds is 6. The second-order valence-electron chi connectivity index (χ2n) is 5.90. The first-order valence-electron chi connectivity index (χ1n) is 8.06. The molecule has 1 aliphatic rings. The first kappa shape index (κ1) is 18.3. The molecule has 0 atom stereocenters. The van der Waals surface area contributed by atoms with Gasteiger partial charge in [-0.1, -0.05) is 19.3 Å². The molecule has 1 aliphatic carbocycles. The van der Waals surface area contributed by atoms with Crippen molar-refractivity contribution in [1.29, 1.82) is 0 Å². The maximum absolute atomic E-state index is 12.4. The second-order valence-corrected chi connectivity index (χ2v) is 6.92.